The zero-order chi connectivity index (χ0) is 14.2. The van der Waals surface area contributed by atoms with Crippen molar-refractivity contribution in [2.75, 3.05) is 18.0 Å². The molecule has 0 aliphatic carbocycles. The molecule has 21 heavy (non-hydrogen) atoms. The molecule has 1 saturated heterocycles. The lowest BCUT2D eigenvalue weighted by atomic mass is 10.0. The van der Waals surface area contributed by atoms with Crippen LogP contribution < -0.4 is 4.90 Å². The lowest BCUT2D eigenvalue weighted by Gasteiger charge is -2.29. The quantitative estimate of drug-likeness (QED) is 0.636. The molecule has 0 radical (unpaired) electrons. The van der Waals surface area contributed by atoms with Crippen molar-refractivity contribution in [3.63, 3.8) is 0 Å². The van der Waals surface area contributed by atoms with E-state index in [4.69, 9.17) is 0 Å². The Hall–Kier alpha value is -2.05. The summed E-state index contributed by atoms with van der Waals surface area (Å²) >= 11 is 1.66. The highest BCUT2D eigenvalue weighted by Crippen LogP contribution is 2.34. The second kappa shape index (κ2) is 5.05. The lowest BCUT2D eigenvalue weighted by molar-refractivity contribution is 0.578. The number of anilines is 1. The van der Waals surface area contributed by atoms with Crippen LogP contribution in [0.1, 0.15) is 24.8 Å². The molecule has 1 aromatic heterocycles. The Morgan fingerprint density at radius 2 is 1.86 bits per heavy atom. The fraction of sp³-hybridized carbons (Fsp3) is 0.278. The van der Waals surface area contributed by atoms with Crippen molar-refractivity contribution in [2.24, 2.45) is 0 Å². The largest absolute Gasteiger partial charge is 0.372 e. The van der Waals surface area contributed by atoms with Crippen LogP contribution in [0.2, 0.25) is 0 Å². The van der Waals surface area contributed by atoms with Crippen LogP contribution in [-0.2, 0) is 0 Å². The Labute approximate surface area is 128 Å². The molecule has 2 heterocycles. The molecule has 4 rings (SSSR count). The minimum absolute atomic E-state index is 0.790. The number of nitrogens with zero attached hydrogens (tertiary/aromatic N) is 2. The number of benzene rings is 2. The number of hydrogen-bond acceptors (Lipinski definition) is 3. The summed E-state index contributed by atoms with van der Waals surface area (Å²) in [6, 6.07) is 13.2. The van der Waals surface area contributed by atoms with Crippen LogP contribution in [0.15, 0.2) is 35.7 Å². The van der Waals surface area contributed by atoms with Crippen molar-refractivity contribution in [3.05, 3.63) is 41.3 Å². The van der Waals surface area contributed by atoms with E-state index in [-0.39, 0.29) is 0 Å². The molecule has 2 nitrogen and oxygen atoms in total. The van der Waals surface area contributed by atoms with Crippen molar-refractivity contribution in [1.82, 2.24) is 0 Å². The van der Waals surface area contributed by atoms with E-state index < -0.39 is 0 Å². The molecule has 0 bridgehead atoms. The Balaban J connectivity index is 1.92. The van der Waals surface area contributed by atoms with Crippen LogP contribution in [0, 0.1) is 11.3 Å². The Kier molecular flexibility index (Phi) is 3.05. The summed E-state index contributed by atoms with van der Waals surface area (Å²) in [6.45, 7) is 2.32. The highest BCUT2D eigenvalue weighted by atomic mass is 32.1. The third kappa shape index (κ3) is 2.07. The fourth-order valence-electron chi connectivity index (χ4n) is 3.29. The first-order valence-corrected chi connectivity index (χ1v) is 8.34. The lowest BCUT2D eigenvalue weighted by Crippen LogP contribution is -2.29. The molecule has 1 aliphatic heterocycles. The molecule has 1 aliphatic rings. The van der Waals surface area contributed by atoms with E-state index >= 15 is 0 Å². The predicted octanol–water partition coefficient (Wildman–Crippen LogP) is 4.92. The van der Waals surface area contributed by atoms with Gasteiger partial charge in [0.25, 0.3) is 0 Å². The average Bonchev–Trinajstić information content (AvgIpc) is 3.04. The number of hydrogen-bond donors (Lipinski definition) is 0. The summed E-state index contributed by atoms with van der Waals surface area (Å²) in [4.78, 5) is 2.49. The molecular weight excluding hydrogens is 276 g/mol. The summed E-state index contributed by atoms with van der Waals surface area (Å²) in [5.41, 5.74) is 2.11. The minimum Gasteiger partial charge on any atom is -0.372 e. The van der Waals surface area contributed by atoms with Crippen LogP contribution in [0.25, 0.3) is 20.9 Å². The van der Waals surface area contributed by atoms with Gasteiger partial charge >= 0.3 is 0 Å². The van der Waals surface area contributed by atoms with E-state index in [2.05, 4.69) is 40.6 Å². The second-order valence-electron chi connectivity index (χ2n) is 5.65. The van der Waals surface area contributed by atoms with E-state index in [0.29, 0.717) is 0 Å². The first-order chi connectivity index (χ1) is 10.4. The molecule has 2 aromatic carbocycles. The third-order valence-corrected chi connectivity index (χ3v) is 5.33. The molecule has 3 aromatic rings. The number of thiophene rings is 1. The highest BCUT2D eigenvalue weighted by Gasteiger charge is 2.13. The zero-order valence-electron chi connectivity index (χ0n) is 11.8. The van der Waals surface area contributed by atoms with Crippen molar-refractivity contribution < 1.29 is 0 Å². The zero-order valence-corrected chi connectivity index (χ0v) is 12.6. The van der Waals surface area contributed by atoms with Crippen molar-refractivity contribution in [3.8, 4) is 6.07 Å². The van der Waals surface area contributed by atoms with Gasteiger partial charge in [-0.2, -0.15) is 5.26 Å². The Morgan fingerprint density at radius 3 is 2.67 bits per heavy atom. The van der Waals surface area contributed by atoms with Gasteiger partial charge in [-0.05, 0) is 59.7 Å². The molecule has 0 saturated carbocycles. The van der Waals surface area contributed by atoms with Gasteiger partial charge in [-0.15, -0.1) is 11.3 Å². The van der Waals surface area contributed by atoms with Gasteiger partial charge in [-0.3, -0.25) is 0 Å². The fourth-order valence-corrected chi connectivity index (χ4v) is 4.16. The summed E-state index contributed by atoms with van der Waals surface area (Å²) in [5, 5.41) is 15.1. The van der Waals surface area contributed by atoms with Gasteiger partial charge < -0.3 is 4.90 Å². The van der Waals surface area contributed by atoms with E-state index in [9.17, 15) is 5.26 Å². The van der Waals surface area contributed by atoms with Crippen LogP contribution in [0.4, 0.5) is 5.69 Å². The highest BCUT2D eigenvalue weighted by molar-refractivity contribution is 7.17. The first kappa shape index (κ1) is 12.7. The molecule has 104 valence electrons. The summed E-state index contributed by atoms with van der Waals surface area (Å²) in [5.74, 6) is 0. The van der Waals surface area contributed by atoms with E-state index in [1.165, 1.54) is 41.1 Å². The van der Waals surface area contributed by atoms with Crippen molar-refractivity contribution >= 4 is 37.9 Å². The van der Waals surface area contributed by atoms with Crippen LogP contribution in [0.3, 0.4) is 0 Å². The van der Waals surface area contributed by atoms with Crippen molar-refractivity contribution in [1.29, 1.82) is 5.26 Å². The molecule has 0 unspecified atom stereocenters. The minimum atomic E-state index is 0.790. The third-order valence-electron chi connectivity index (χ3n) is 4.38. The molecule has 0 amide bonds. The summed E-state index contributed by atoms with van der Waals surface area (Å²) in [7, 11) is 0. The molecule has 3 heteroatoms. The van der Waals surface area contributed by atoms with Gasteiger partial charge in [0.1, 0.15) is 6.07 Å². The SMILES string of the molecule is N#Cc1cc2ccc(N3CCCCC3)cc2c2ccsc12. The van der Waals surface area contributed by atoms with Gasteiger partial charge in [-0.25, -0.2) is 0 Å². The molecule has 1 fully saturated rings. The second-order valence-corrected chi connectivity index (χ2v) is 6.57. The predicted molar refractivity (Wildman–Crippen MR) is 90.1 cm³/mol. The maximum atomic E-state index is 9.32. The molecule has 0 spiro atoms. The van der Waals surface area contributed by atoms with Gasteiger partial charge in [0.15, 0.2) is 0 Å². The number of rotatable bonds is 1. The number of piperidine rings is 1. The monoisotopic (exact) mass is 292 g/mol. The molecule has 0 atom stereocenters. The summed E-state index contributed by atoms with van der Waals surface area (Å²) in [6.07, 6.45) is 3.93. The Bertz CT molecular complexity index is 851. The molecular formula is C18H16N2S. The average molecular weight is 292 g/mol. The van der Waals surface area contributed by atoms with Crippen molar-refractivity contribution in [2.45, 2.75) is 19.3 Å². The van der Waals surface area contributed by atoms with Crippen LogP contribution in [-0.4, -0.2) is 13.1 Å². The van der Waals surface area contributed by atoms with E-state index in [1.54, 1.807) is 11.3 Å². The van der Waals surface area contributed by atoms with Gasteiger partial charge in [0.05, 0.1) is 10.3 Å². The normalized spacial score (nSPS) is 15.5. The van der Waals surface area contributed by atoms with Crippen LogP contribution >= 0.6 is 11.3 Å². The number of nitriles is 1. The Morgan fingerprint density at radius 1 is 1.00 bits per heavy atom. The van der Waals surface area contributed by atoms with E-state index in [0.717, 1.165) is 23.4 Å². The number of fused-ring (bicyclic) bond motifs is 3. The topological polar surface area (TPSA) is 27.0 Å². The van der Waals surface area contributed by atoms with Gasteiger partial charge in [0.2, 0.25) is 0 Å². The van der Waals surface area contributed by atoms with Crippen LogP contribution in [0.5, 0.6) is 0 Å². The first-order valence-electron chi connectivity index (χ1n) is 7.46. The van der Waals surface area contributed by atoms with Gasteiger partial charge in [0, 0.05) is 24.2 Å². The standard InChI is InChI=1S/C18H16N2S/c19-12-14-10-13-4-5-15(20-7-2-1-3-8-20)11-17(13)16-6-9-21-18(14)16/h4-6,9-11H,1-3,7-8H2. The maximum absolute atomic E-state index is 9.32. The van der Waals surface area contributed by atoms with Gasteiger partial charge in [-0.1, -0.05) is 6.07 Å². The maximum Gasteiger partial charge on any atom is 0.101 e. The van der Waals surface area contributed by atoms with E-state index in [1.807, 2.05) is 6.07 Å². The smallest absolute Gasteiger partial charge is 0.101 e. The molecule has 0 N–H and O–H groups in total. The summed E-state index contributed by atoms with van der Waals surface area (Å²) < 4.78 is 1.11.